The van der Waals surface area contributed by atoms with E-state index in [-0.39, 0.29) is 6.42 Å². The molecular formula is C8H6F6IN. The third kappa shape index (κ3) is 0.920. The highest BCUT2D eigenvalue weighted by molar-refractivity contribution is 14.1. The highest BCUT2D eigenvalue weighted by atomic mass is 127. The van der Waals surface area contributed by atoms with Crippen molar-refractivity contribution in [1.29, 1.82) is 0 Å². The minimum Gasteiger partial charge on any atom is -0.272 e. The van der Waals surface area contributed by atoms with E-state index in [1.807, 2.05) is 0 Å². The molecule has 0 N–H and O–H groups in total. The molecule has 3 saturated heterocycles. The molecule has 0 aromatic heterocycles. The number of nitrogens with zero attached hydrogens (tertiary/aromatic N) is 1. The van der Waals surface area contributed by atoms with Crippen molar-refractivity contribution in [2.24, 2.45) is 5.92 Å². The van der Waals surface area contributed by atoms with Crippen LogP contribution in [0.15, 0.2) is 0 Å². The predicted molar refractivity (Wildman–Crippen MR) is 50.2 cm³/mol. The normalized spacial score (nSPS) is 48.6. The van der Waals surface area contributed by atoms with Crippen LogP contribution in [0.4, 0.5) is 26.3 Å². The summed E-state index contributed by atoms with van der Waals surface area (Å²) in [5.74, 6) is -1.33. The fourth-order valence-electron chi connectivity index (χ4n) is 3.51. The van der Waals surface area contributed by atoms with E-state index < -0.39 is 39.8 Å². The van der Waals surface area contributed by atoms with Crippen LogP contribution in [0.2, 0.25) is 0 Å². The maximum atomic E-state index is 12.9. The highest BCUT2D eigenvalue weighted by Crippen LogP contribution is 2.73. The average molecular weight is 357 g/mol. The van der Waals surface area contributed by atoms with E-state index in [2.05, 4.69) is 0 Å². The van der Waals surface area contributed by atoms with Crippen LogP contribution in [-0.4, -0.2) is 38.8 Å². The Labute approximate surface area is 100 Å². The lowest BCUT2D eigenvalue weighted by Crippen LogP contribution is -2.63. The summed E-state index contributed by atoms with van der Waals surface area (Å²) in [6, 6.07) is -1.02. The Morgan fingerprint density at radius 3 is 1.69 bits per heavy atom. The van der Waals surface area contributed by atoms with E-state index in [4.69, 9.17) is 0 Å². The Morgan fingerprint density at radius 1 is 1.06 bits per heavy atom. The highest BCUT2D eigenvalue weighted by Gasteiger charge is 2.92. The van der Waals surface area contributed by atoms with Gasteiger partial charge in [0.2, 0.25) is 5.54 Å². The first-order chi connectivity index (χ1) is 7.14. The van der Waals surface area contributed by atoms with Gasteiger partial charge in [-0.15, -0.1) is 0 Å². The van der Waals surface area contributed by atoms with Gasteiger partial charge in [-0.25, -0.2) is 0 Å². The SMILES string of the molecule is FC(F)(F)C1(C(F)(F)F)[C@@H]2C[C@@H]3[C@@H]([C@@H]2I)N31. The summed E-state index contributed by atoms with van der Waals surface area (Å²) < 4.78 is 76.7. The molecule has 92 valence electrons. The molecule has 4 aliphatic rings. The van der Waals surface area contributed by atoms with Crippen molar-refractivity contribution in [3.05, 3.63) is 0 Å². The van der Waals surface area contributed by atoms with Gasteiger partial charge >= 0.3 is 12.4 Å². The Bertz CT molecular complexity index is 335. The smallest absolute Gasteiger partial charge is 0.272 e. The lowest BCUT2D eigenvalue weighted by atomic mass is 9.85. The first-order valence-electron chi connectivity index (χ1n) is 4.70. The second-order valence-electron chi connectivity index (χ2n) is 4.51. The number of alkyl halides is 7. The summed E-state index contributed by atoms with van der Waals surface area (Å²) in [4.78, 5) is 0.634. The fourth-order valence-corrected chi connectivity index (χ4v) is 5.15. The summed E-state index contributed by atoms with van der Waals surface area (Å²) in [6.07, 6.45) is -10.4. The van der Waals surface area contributed by atoms with Gasteiger partial charge in [-0.3, -0.25) is 4.90 Å². The van der Waals surface area contributed by atoms with Crippen LogP contribution in [-0.2, 0) is 0 Å². The molecule has 1 unspecified atom stereocenters. The quantitative estimate of drug-likeness (QED) is 0.279. The molecule has 3 aliphatic heterocycles. The van der Waals surface area contributed by atoms with Crippen LogP contribution in [0.5, 0.6) is 0 Å². The number of hydrogen-bond donors (Lipinski definition) is 0. The molecule has 16 heavy (non-hydrogen) atoms. The third-order valence-electron chi connectivity index (χ3n) is 4.00. The van der Waals surface area contributed by atoms with E-state index in [1.54, 1.807) is 22.6 Å². The van der Waals surface area contributed by atoms with Gasteiger partial charge < -0.3 is 0 Å². The molecule has 0 spiro atoms. The first kappa shape index (κ1) is 11.4. The van der Waals surface area contributed by atoms with E-state index in [1.165, 1.54) is 0 Å². The van der Waals surface area contributed by atoms with Gasteiger partial charge in [0.05, 0.1) is 0 Å². The van der Waals surface area contributed by atoms with Crippen LogP contribution in [0.25, 0.3) is 0 Å². The zero-order valence-corrected chi connectivity index (χ0v) is 9.77. The van der Waals surface area contributed by atoms with Crippen molar-refractivity contribution in [2.45, 2.75) is 40.3 Å². The van der Waals surface area contributed by atoms with Crippen LogP contribution in [0.3, 0.4) is 0 Å². The number of halogens is 7. The fraction of sp³-hybridized carbons (Fsp3) is 1.00. The van der Waals surface area contributed by atoms with Gasteiger partial charge in [-0.05, 0) is 6.42 Å². The second kappa shape index (κ2) is 2.65. The number of piperidine rings is 3. The topological polar surface area (TPSA) is 3.01 Å². The van der Waals surface area contributed by atoms with Gasteiger partial charge in [-0.1, -0.05) is 22.6 Å². The summed E-state index contributed by atoms with van der Waals surface area (Å²) in [6.45, 7) is 0. The lowest BCUT2D eigenvalue weighted by Gasteiger charge is -2.37. The van der Waals surface area contributed by atoms with E-state index in [9.17, 15) is 26.3 Å². The van der Waals surface area contributed by atoms with Gasteiger partial charge in [0, 0.05) is 21.9 Å². The monoisotopic (exact) mass is 357 g/mol. The Hall–Kier alpha value is 0.270. The Morgan fingerprint density at radius 2 is 1.56 bits per heavy atom. The Kier molecular flexibility index (Phi) is 1.88. The molecule has 5 atom stereocenters. The predicted octanol–water partition coefficient (Wildman–Crippen LogP) is 2.74. The molecule has 4 rings (SSSR count). The second-order valence-corrected chi connectivity index (χ2v) is 5.95. The van der Waals surface area contributed by atoms with Gasteiger partial charge in [0.15, 0.2) is 0 Å². The van der Waals surface area contributed by atoms with Crippen LogP contribution < -0.4 is 0 Å². The van der Waals surface area contributed by atoms with Crippen molar-refractivity contribution < 1.29 is 26.3 Å². The molecule has 0 aromatic rings. The standard InChI is InChI=1S/C8H6F6IN/c9-7(10,11)6(8(12,13)14)2-1-3-5(4(2)15)16(3)6/h2-5H,1H2/t2-,3-,4-,5+,16?/m1/s1. The van der Waals surface area contributed by atoms with Crippen molar-refractivity contribution in [3.8, 4) is 0 Å². The minimum absolute atomic E-state index is 0.0251. The molecule has 3 heterocycles. The average Bonchev–Trinajstić information content (AvgIpc) is 2.43. The number of rotatable bonds is 0. The molecule has 0 aromatic carbocycles. The molecule has 0 amide bonds. The molecule has 1 nitrogen and oxygen atoms in total. The summed E-state index contributed by atoms with van der Waals surface area (Å²) >= 11 is 1.73. The maximum Gasteiger partial charge on any atom is 0.416 e. The van der Waals surface area contributed by atoms with Crippen molar-refractivity contribution in [1.82, 2.24) is 4.90 Å². The van der Waals surface area contributed by atoms with Crippen molar-refractivity contribution in [2.75, 3.05) is 0 Å². The van der Waals surface area contributed by atoms with Gasteiger partial charge in [-0.2, -0.15) is 26.3 Å². The van der Waals surface area contributed by atoms with Crippen LogP contribution in [0.1, 0.15) is 6.42 Å². The van der Waals surface area contributed by atoms with Crippen molar-refractivity contribution in [3.63, 3.8) is 0 Å². The lowest BCUT2D eigenvalue weighted by molar-refractivity contribution is -0.327. The number of hydrogen-bond acceptors (Lipinski definition) is 1. The summed E-state index contributed by atoms with van der Waals surface area (Å²) in [7, 11) is 0. The van der Waals surface area contributed by atoms with Gasteiger partial charge in [0.1, 0.15) is 0 Å². The molecule has 4 fully saturated rings. The zero-order valence-electron chi connectivity index (χ0n) is 7.61. The molecule has 4 bridgehead atoms. The van der Waals surface area contributed by atoms with Crippen molar-refractivity contribution >= 4 is 22.6 Å². The van der Waals surface area contributed by atoms with E-state index >= 15 is 0 Å². The van der Waals surface area contributed by atoms with E-state index in [0.29, 0.717) is 4.90 Å². The summed E-state index contributed by atoms with van der Waals surface area (Å²) in [5, 5.41) is 0. The van der Waals surface area contributed by atoms with Gasteiger partial charge in [0.25, 0.3) is 0 Å². The van der Waals surface area contributed by atoms with Crippen LogP contribution >= 0.6 is 22.6 Å². The van der Waals surface area contributed by atoms with Crippen LogP contribution in [0, 0.1) is 5.92 Å². The van der Waals surface area contributed by atoms with E-state index in [0.717, 1.165) is 0 Å². The molecule has 1 saturated carbocycles. The first-order valence-corrected chi connectivity index (χ1v) is 5.94. The molecule has 0 radical (unpaired) electrons. The maximum absolute atomic E-state index is 12.9. The Balaban J connectivity index is 2.14. The zero-order chi connectivity index (χ0) is 12.1. The molecular weight excluding hydrogens is 351 g/mol. The molecule has 8 heteroatoms. The minimum atomic E-state index is -5.24. The summed E-state index contributed by atoms with van der Waals surface area (Å²) in [5.41, 5.74) is -3.57. The largest absolute Gasteiger partial charge is 0.416 e. The third-order valence-corrected chi connectivity index (χ3v) is 5.60. The molecule has 1 aliphatic carbocycles.